The molecule has 1 aromatic heterocycles. The van der Waals surface area contributed by atoms with E-state index in [0.717, 1.165) is 56.0 Å². The summed E-state index contributed by atoms with van der Waals surface area (Å²) in [6, 6.07) is 15.0. The van der Waals surface area contributed by atoms with Crippen molar-refractivity contribution in [1.29, 1.82) is 0 Å². The minimum absolute atomic E-state index is 0.0292. The van der Waals surface area contributed by atoms with Crippen LogP contribution in [0.5, 0.6) is 5.75 Å². The van der Waals surface area contributed by atoms with E-state index in [0.29, 0.717) is 6.04 Å². The van der Waals surface area contributed by atoms with Gasteiger partial charge in [0.05, 0.1) is 5.69 Å². The highest BCUT2D eigenvalue weighted by atomic mass is 16.5. The van der Waals surface area contributed by atoms with Crippen molar-refractivity contribution in [3.8, 4) is 5.75 Å². The lowest BCUT2D eigenvalue weighted by atomic mass is 9.80. The van der Waals surface area contributed by atoms with Crippen LogP contribution >= 0.6 is 0 Å². The molecule has 1 atom stereocenters. The number of piperidine rings is 1. The summed E-state index contributed by atoms with van der Waals surface area (Å²) < 4.78 is 6.53. The van der Waals surface area contributed by atoms with Crippen LogP contribution in [-0.4, -0.2) is 35.6 Å². The Hall–Kier alpha value is -1.91. The third-order valence-electron chi connectivity index (χ3n) is 5.57. The molecule has 1 fully saturated rings. The quantitative estimate of drug-likeness (QED) is 0.931. The molecule has 132 valence electrons. The van der Waals surface area contributed by atoms with E-state index in [4.69, 9.17) is 4.74 Å². The lowest BCUT2D eigenvalue weighted by molar-refractivity contribution is -0.0205. The second kappa shape index (κ2) is 6.77. The Bertz CT molecular complexity index is 737. The number of aryl methyl sites for hydroxylation is 1. The fourth-order valence-corrected chi connectivity index (χ4v) is 4.06. The fraction of sp³-hybridized carbons (Fsp3) is 0.476. The SMILES string of the molecule is Cc1cccc(CN[C@H]2CC3(CCN(C)CC3)Oc3ccccc32)n1. The van der Waals surface area contributed by atoms with Crippen molar-refractivity contribution in [1.82, 2.24) is 15.2 Å². The summed E-state index contributed by atoms with van der Waals surface area (Å²) in [5, 5.41) is 3.75. The number of hydrogen-bond donors (Lipinski definition) is 1. The molecule has 0 bridgehead atoms. The van der Waals surface area contributed by atoms with E-state index in [1.807, 2.05) is 13.0 Å². The van der Waals surface area contributed by atoms with Crippen molar-refractivity contribution in [2.75, 3.05) is 20.1 Å². The maximum atomic E-state index is 6.53. The lowest BCUT2D eigenvalue weighted by Crippen LogP contribution is -2.51. The van der Waals surface area contributed by atoms with Crippen LogP contribution in [0.3, 0.4) is 0 Å². The van der Waals surface area contributed by atoms with E-state index in [1.54, 1.807) is 0 Å². The Morgan fingerprint density at radius 1 is 1.16 bits per heavy atom. The summed E-state index contributed by atoms with van der Waals surface area (Å²) in [6.45, 7) is 5.04. The summed E-state index contributed by atoms with van der Waals surface area (Å²) in [4.78, 5) is 7.02. The van der Waals surface area contributed by atoms with Crippen LogP contribution in [0.25, 0.3) is 0 Å². The molecule has 2 aliphatic heterocycles. The number of likely N-dealkylation sites (tertiary alicyclic amines) is 1. The van der Waals surface area contributed by atoms with Crippen LogP contribution in [0.1, 0.15) is 42.3 Å². The van der Waals surface area contributed by atoms with Gasteiger partial charge in [-0.1, -0.05) is 24.3 Å². The summed E-state index contributed by atoms with van der Waals surface area (Å²) >= 11 is 0. The molecule has 0 saturated carbocycles. The number of rotatable bonds is 3. The second-order valence-electron chi connectivity index (χ2n) is 7.53. The van der Waals surface area contributed by atoms with Crippen LogP contribution < -0.4 is 10.1 Å². The molecule has 4 nitrogen and oxygen atoms in total. The number of aromatic nitrogens is 1. The molecule has 0 amide bonds. The van der Waals surface area contributed by atoms with E-state index in [-0.39, 0.29) is 5.60 Å². The van der Waals surface area contributed by atoms with Gasteiger partial charge in [0, 0.05) is 43.4 Å². The Morgan fingerprint density at radius 2 is 1.96 bits per heavy atom. The van der Waals surface area contributed by atoms with E-state index in [9.17, 15) is 0 Å². The smallest absolute Gasteiger partial charge is 0.124 e. The van der Waals surface area contributed by atoms with Crippen molar-refractivity contribution >= 4 is 0 Å². The van der Waals surface area contributed by atoms with Crippen molar-refractivity contribution in [2.45, 2.75) is 44.4 Å². The largest absolute Gasteiger partial charge is 0.487 e. The minimum Gasteiger partial charge on any atom is -0.487 e. The zero-order valence-electron chi connectivity index (χ0n) is 15.2. The monoisotopic (exact) mass is 337 g/mol. The van der Waals surface area contributed by atoms with Gasteiger partial charge in [-0.25, -0.2) is 0 Å². The predicted molar refractivity (Wildman–Crippen MR) is 99.7 cm³/mol. The normalized spacial score (nSPS) is 22.4. The summed E-state index contributed by atoms with van der Waals surface area (Å²) in [7, 11) is 2.20. The van der Waals surface area contributed by atoms with E-state index in [1.165, 1.54) is 5.56 Å². The second-order valence-corrected chi connectivity index (χ2v) is 7.53. The van der Waals surface area contributed by atoms with Gasteiger partial charge in [0.2, 0.25) is 0 Å². The molecule has 1 saturated heterocycles. The highest BCUT2D eigenvalue weighted by molar-refractivity contribution is 5.39. The third kappa shape index (κ3) is 3.55. The highest BCUT2D eigenvalue weighted by Gasteiger charge is 2.42. The summed E-state index contributed by atoms with van der Waals surface area (Å²) in [5.74, 6) is 1.05. The fourth-order valence-electron chi connectivity index (χ4n) is 4.06. The Balaban J connectivity index is 1.55. The lowest BCUT2D eigenvalue weighted by Gasteiger charge is -2.46. The molecule has 3 heterocycles. The third-order valence-corrected chi connectivity index (χ3v) is 5.57. The van der Waals surface area contributed by atoms with Gasteiger partial charge in [0.25, 0.3) is 0 Å². The van der Waals surface area contributed by atoms with Gasteiger partial charge in [-0.3, -0.25) is 4.98 Å². The van der Waals surface area contributed by atoms with Gasteiger partial charge in [-0.2, -0.15) is 0 Å². The van der Waals surface area contributed by atoms with Crippen LogP contribution in [-0.2, 0) is 6.54 Å². The molecule has 0 aliphatic carbocycles. The highest BCUT2D eigenvalue weighted by Crippen LogP contribution is 2.44. The van der Waals surface area contributed by atoms with E-state index >= 15 is 0 Å². The van der Waals surface area contributed by atoms with Crippen LogP contribution in [0.15, 0.2) is 42.5 Å². The molecule has 1 spiro atoms. The van der Waals surface area contributed by atoms with Gasteiger partial charge in [0.15, 0.2) is 0 Å². The molecular formula is C21H27N3O. The summed E-state index contributed by atoms with van der Waals surface area (Å²) in [6.07, 6.45) is 3.22. The molecule has 0 radical (unpaired) electrons. The first-order valence-electron chi connectivity index (χ1n) is 9.26. The molecule has 4 rings (SSSR count). The number of benzene rings is 1. The average Bonchev–Trinajstić information content (AvgIpc) is 2.62. The number of hydrogen-bond acceptors (Lipinski definition) is 4. The van der Waals surface area contributed by atoms with Gasteiger partial charge in [-0.15, -0.1) is 0 Å². The molecule has 2 aliphatic rings. The standard InChI is InChI=1S/C21H27N3O/c1-16-6-5-7-17(23-16)15-22-19-14-21(10-12-24(2)13-11-21)25-20-9-4-3-8-18(19)20/h3-9,19,22H,10-15H2,1-2H3/t19-/m0/s1. The minimum atomic E-state index is -0.0292. The van der Waals surface area contributed by atoms with E-state index in [2.05, 4.69) is 58.6 Å². The Morgan fingerprint density at radius 3 is 2.76 bits per heavy atom. The van der Waals surface area contributed by atoms with Gasteiger partial charge in [0.1, 0.15) is 11.4 Å². The molecular weight excluding hydrogens is 310 g/mol. The van der Waals surface area contributed by atoms with Gasteiger partial charge < -0.3 is 15.0 Å². The number of nitrogens with zero attached hydrogens (tertiary/aromatic N) is 2. The van der Waals surface area contributed by atoms with Crippen LogP contribution in [0.2, 0.25) is 0 Å². The van der Waals surface area contributed by atoms with Crippen LogP contribution in [0.4, 0.5) is 0 Å². The van der Waals surface area contributed by atoms with Gasteiger partial charge >= 0.3 is 0 Å². The summed E-state index contributed by atoms with van der Waals surface area (Å²) in [5.41, 5.74) is 3.41. The maximum Gasteiger partial charge on any atom is 0.124 e. The molecule has 1 N–H and O–H groups in total. The number of pyridine rings is 1. The van der Waals surface area contributed by atoms with Gasteiger partial charge in [-0.05, 0) is 45.0 Å². The molecule has 25 heavy (non-hydrogen) atoms. The first-order valence-corrected chi connectivity index (χ1v) is 9.26. The Kier molecular flexibility index (Phi) is 4.48. The number of fused-ring (bicyclic) bond motifs is 1. The zero-order chi connectivity index (χ0) is 17.3. The van der Waals surface area contributed by atoms with Crippen LogP contribution in [0, 0.1) is 6.92 Å². The first kappa shape index (κ1) is 16.6. The maximum absolute atomic E-state index is 6.53. The molecule has 1 aromatic carbocycles. The molecule has 2 aromatic rings. The van der Waals surface area contributed by atoms with Crippen molar-refractivity contribution in [3.05, 3.63) is 59.4 Å². The zero-order valence-corrected chi connectivity index (χ0v) is 15.2. The number of para-hydroxylation sites is 1. The number of nitrogens with one attached hydrogen (secondary N) is 1. The Labute approximate surface area is 150 Å². The van der Waals surface area contributed by atoms with E-state index < -0.39 is 0 Å². The topological polar surface area (TPSA) is 37.4 Å². The van der Waals surface area contributed by atoms with Crippen molar-refractivity contribution in [2.24, 2.45) is 0 Å². The molecule has 4 heteroatoms. The number of ether oxygens (including phenoxy) is 1. The van der Waals surface area contributed by atoms with Crippen molar-refractivity contribution < 1.29 is 4.74 Å². The first-order chi connectivity index (χ1) is 12.1. The predicted octanol–water partition coefficient (Wildman–Crippen LogP) is 3.47. The molecule has 0 unspecified atom stereocenters. The average molecular weight is 337 g/mol. The van der Waals surface area contributed by atoms with Crippen molar-refractivity contribution in [3.63, 3.8) is 0 Å².